The van der Waals surface area contributed by atoms with E-state index in [4.69, 9.17) is 9.84 Å². The molecule has 0 atom stereocenters. The zero-order valence-electron chi connectivity index (χ0n) is 11.5. The molecule has 1 heterocycles. The third-order valence-electron chi connectivity index (χ3n) is 3.58. The van der Waals surface area contributed by atoms with Crippen LogP contribution in [0.1, 0.15) is 25.7 Å². The number of carbonyl (C=O) groups is 1. The molecule has 0 bridgehead atoms. The van der Waals surface area contributed by atoms with Crippen molar-refractivity contribution in [2.75, 3.05) is 12.4 Å². The molecule has 21 heavy (non-hydrogen) atoms. The van der Waals surface area contributed by atoms with Crippen LogP contribution in [0.25, 0.3) is 0 Å². The summed E-state index contributed by atoms with van der Waals surface area (Å²) in [4.78, 5) is 29.0. The fourth-order valence-electron chi connectivity index (χ4n) is 2.46. The van der Waals surface area contributed by atoms with Crippen molar-refractivity contribution in [2.45, 2.75) is 31.7 Å². The van der Waals surface area contributed by atoms with Crippen molar-refractivity contribution in [1.29, 1.82) is 0 Å². The summed E-state index contributed by atoms with van der Waals surface area (Å²) in [6.07, 6.45) is 3.53. The van der Waals surface area contributed by atoms with Gasteiger partial charge in [0.25, 0.3) is 5.88 Å². The van der Waals surface area contributed by atoms with E-state index in [0.717, 1.165) is 0 Å². The highest BCUT2D eigenvalue weighted by molar-refractivity contribution is 5.70. The molecule has 2 rings (SSSR count). The van der Waals surface area contributed by atoms with E-state index in [1.54, 1.807) is 0 Å². The molecule has 1 fully saturated rings. The first kappa shape index (κ1) is 14.9. The average Bonchev–Trinajstić information content (AvgIpc) is 2.47. The Kier molecular flexibility index (Phi) is 4.51. The molecule has 0 spiro atoms. The Balaban J connectivity index is 2.10. The maximum absolute atomic E-state index is 11.1. The van der Waals surface area contributed by atoms with Crippen LogP contribution in [-0.2, 0) is 4.79 Å². The number of hydrogen-bond donors (Lipinski definition) is 2. The first-order valence-corrected chi connectivity index (χ1v) is 6.55. The van der Waals surface area contributed by atoms with Crippen molar-refractivity contribution in [3.63, 3.8) is 0 Å². The molecular formula is C12H16N4O5. The normalized spacial score (nSPS) is 21.6. The predicted octanol–water partition coefficient (Wildman–Crippen LogP) is 1.45. The second-order valence-electron chi connectivity index (χ2n) is 4.87. The molecule has 114 valence electrons. The lowest BCUT2D eigenvalue weighted by molar-refractivity contribution is -0.385. The fourth-order valence-corrected chi connectivity index (χ4v) is 2.46. The minimum absolute atomic E-state index is 0.0427. The Hall–Kier alpha value is -2.45. The number of aliphatic carboxylic acids is 1. The van der Waals surface area contributed by atoms with Crippen LogP contribution >= 0.6 is 0 Å². The van der Waals surface area contributed by atoms with E-state index in [0.29, 0.717) is 25.7 Å². The van der Waals surface area contributed by atoms with Crippen molar-refractivity contribution < 1.29 is 19.6 Å². The van der Waals surface area contributed by atoms with E-state index in [2.05, 4.69) is 15.3 Å². The third kappa shape index (κ3) is 3.36. The van der Waals surface area contributed by atoms with Gasteiger partial charge >= 0.3 is 11.7 Å². The summed E-state index contributed by atoms with van der Waals surface area (Å²) in [5.41, 5.74) is -0.305. The van der Waals surface area contributed by atoms with Crippen LogP contribution < -0.4 is 10.1 Å². The number of nitro groups is 1. The molecule has 0 radical (unpaired) electrons. The Bertz CT molecular complexity index is 542. The highest BCUT2D eigenvalue weighted by atomic mass is 16.6. The molecule has 2 N–H and O–H groups in total. The number of nitrogens with one attached hydrogen (secondary N) is 1. The second-order valence-corrected chi connectivity index (χ2v) is 4.87. The van der Waals surface area contributed by atoms with Crippen molar-refractivity contribution in [3.8, 4) is 5.88 Å². The highest BCUT2D eigenvalue weighted by Gasteiger charge is 2.29. The number of rotatable bonds is 5. The number of ether oxygens (including phenoxy) is 1. The zero-order valence-corrected chi connectivity index (χ0v) is 11.5. The zero-order chi connectivity index (χ0) is 15.4. The molecule has 1 saturated carbocycles. The van der Waals surface area contributed by atoms with Crippen molar-refractivity contribution in [1.82, 2.24) is 9.97 Å². The molecule has 0 aliphatic heterocycles. The van der Waals surface area contributed by atoms with E-state index in [-0.39, 0.29) is 29.3 Å². The lowest BCUT2D eigenvalue weighted by Crippen LogP contribution is -2.29. The SMILES string of the molecule is COc1ncnc(NC2CCC(C(=O)O)CC2)c1[N+](=O)[O-]. The number of carboxylic acid groups (broad SMARTS) is 1. The number of nitrogens with zero attached hydrogens (tertiary/aromatic N) is 3. The summed E-state index contributed by atoms with van der Waals surface area (Å²) in [7, 11) is 1.30. The molecule has 0 amide bonds. The minimum Gasteiger partial charge on any atom is -0.481 e. The highest BCUT2D eigenvalue weighted by Crippen LogP contribution is 2.33. The summed E-state index contributed by atoms with van der Waals surface area (Å²) in [5, 5.41) is 23.1. The van der Waals surface area contributed by atoms with Gasteiger partial charge in [0.15, 0.2) is 0 Å². The third-order valence-corrected chi connectivity index (χ3v) is 3.58. The molecule has 9 heteroatoms. The average molecular weight is 296 g/mol. The van der Waals surface area contributed by atoms with Gasteiger partial charge in [-0.3, -0.25) is 14.9 Å². The Labute approximate surface area is 120 Å². The first-order valence-electron chi connectivity index (χ1n) is 6.55. The molecule has 0 aromatic carbocycles. The van der Waals surface area contributed by atoms with E-state index in [1.807, 2.05) is 0 Å². The lowest BCUT2D eigenvalue weighted by atomic mass is 9.86. The first-order chi connectivity index (χ1) is 10.0. The van der Waals surface area contributed by atoms with Crippen LogP contribution in [0.4, 0.5) is 11.5 Å². The van der Waals surface area contributed by atoms with Crippen molar-refractivity contribution >= 4 is 17.5 Å². The van der Waals surface area contributed by atoms with E-state index in [9.17, 15) is 14.9 Å². The van der Waals surface area contributed by atoms with Crippen LogP contribution in [0.3, 0.4) is 0 Å². The number of anilines is 1. The van der Waals surface area contributed by atoms with Crippen LogP contribution in [0.15, 0.2) is 6.33 Å². The Morgan fingerprint density at radius 1 is 1.43 bits per heavy atom. The van der Waals surface area contributed by atoms with Gasteiger partial charge in [-0.25, -0.2) is 4.98 Å². The maximum atomic E-state index is 11.1. The van der Waals surface area contributed by atoms with E-state index >= 15 is 0 Å². The van der Waals surface area contributed by atoms with Crippen LogP contribution in [0, 0.1) is 16.0 Å². The second kappa shape index (κ2) is 6.33. The van der Waals surface area contributed by atoms with Gasteiger partial charge in [-0.05, 0) is 25.7 Å². The molecule has 0 saturated heterocycles. The number of carboxylic acids is 1. The molecule has 1 aromatic rings. The molecule has 0 unspecified atom stereocenters. The Morgan fingerprint density at radius 3 is 2.62 bits per heavy atom. The maximum Gasteiger partial charge on any atom is 0.372 e. The van der Waals surface area contributed by atoms with Gasteiger partial charge in [-0.2, -0.15) is 4.98 Å². The molecule has 1 aliphatic carbocycles. The van der Waals surface area contributed by atoms with Crippen LogP contribution in [0.5, 0.6) is 5.88 Å². The molecule has 9 nitrogen and oxygen atoms in total. The van der Waals surface area contributed by atoms with Gasteiger partial charge in [0.1, 0.15) is 6.33 Å². The van der Waals surface area contributed by atoms with Crippen molar-refractivity contribution in [2.24, 2.45) is 5.92 Å². The Morgan fingerprint density at radius 2 is 2.10 bits per heavy atom. The standard InChI is InChI=1S/C12H16N4O5/c1-21-11-9(16(19)20)10(13-6-14-11)15-8-4-2-7(3-5-8)12(17)18/h6-8H,2-5H2,1H3,(H,17,18)(H,13,14,15). The van der Waals surface area contributed by atoms with Gasteiger partial charge in [-0.15, -0.1) is 0 Å². The summed E-state index contributed by atoms with van der Waals surface area (Å²) < 4.78 is 4.87. The van der Waals surface area contributed by atoms with E-state index in [1.165, 1.54) is 13.4 Å². The van der Waals surface area contributed by atoms with Crippen LogP contribution in [-0.4, -0.2) is 39.1 Å². The summed E-state index contributed by atoms with van der Waals surface area (Å²) in [6.45, 7) is 0. The minimum atomic E-state index is -0.789. The summed E-state index contributed by atoms with van der Waals surface area (Å²) >= 11 is 0. The largest absolute Gasteiger partial charge is 0.481 e. The lowest BCUT2D eigenvalue weighted by Gasteiger charge is -2.27. The fraction of sp³-hybridized carbons (Fsp3) is 0.583. The topological polar surface area (TPSA) is 127 Å². The molecule has 1 aliphatic rings. The quantitative estimate of drug-likeness (QED) is 0.617. The number of methoxy groups -OCH3 is 1. The molecular weight excluding hydrogens is 280 g/mol. The predicted molar refractivity (Wildman–Crippen MR) is 72.2 cm³/mol. The monoisotopic (exact) mass is 296 g/mol. The number of aromatic nitrogens is 2. The van der Waals surface area contributed by atoms with Gasteiger partial charge in [0.05, 0.1) is 18.0 Å². The van der Waals surface area contributed by atoms with E-state index < -0.39 is 10.9 Å². The smallest absolute Gasteiger partial charge is 0.372 e. The number of hydrogen-bond acceptors (Lipinski definition) is 7. The van der Waals surface area contributed by atoms with Gasteiger partial charge in [0, 0.05) is 6.04 Å². The van der Waals surface area contributed by atoms with Crippen LogP contribution in [0.2, 0.25) is 0 Å². The van der Waals surface area contributed by atoms with Gasteiger partial charge in [0.2, 0.25) is 5.82 Å². The van der Waals surface area contributed by atoms with Gasteiger partial charge in [-0.1, -0.05) is 0 Å². The van der Waals surface area contributed by atoms with Gasteiger partial charge < -0.3 is 15.2 Å². The molecule has 1 aromatic heterocycles. The summed E-state index contributed by atoms with van der Waals surface area (Å²) in [5.74, 6) is -1.12. The van der Waals surface area contributed by atoms with Crippen molar-refractivity contribution in [3.05, 3.63) is 16.4 Å². The summed E-state index contributed by atoms with van der Waals surface area (Å²) in [6, 6.07) is -0.0427.